The molecule has 12 nitrogen and oxygen atoms in total. The topological polar surface area (TPSA) is 166 Å². The number of nitrogens with one attached hydrogen (secondary N) is 3. The normalized spacial score (nSPS) is 11.7. The van der Waals surface area contributed by atoms with E-state index in [-0.39, 0.29) is 36.1 Å². The molecule has 13 heteroatoms. The zero-order valence-corrected chi connectivity index (χ0v) is 21.4. The maximum atomic E-state index is 13.5. The molecule has 198 valence electrons. The number of ether oxygens (including phenoxy) is 2. The summed E-state index contributed by atoms with van der Waals surface area (Å²) in [6, 6.07) is 7.46. The lowest BCUT2D eigenvalue weighted by molar-refractivity contribution is -0.125. The van der Waals surface area contributed by atoms with Crippen molar-refractivity contribution in [3.8, 4) is 40.0 Å². The Bertz CT molecular complexity index is 1430. The molecule has 0 bridgehead atoms. The molecule has 4 aromatic rings. The van der Waals surface area contributed by atoms with Gasteiger partial charge in [-0.15, -0.1) is 0 Å². The minimum atomic E-state index is -0.357. The molecule has 0 saturated heterocycles. The molecule has 4 rings (SSSR count). The summed E-state index contributed by atoms with van der Waals surface area (Å²) in [6.45, 7) is 3.98. The number of methoxy groups -OCH3 is 2. The molecule has 3 aromatic heterocycles. The number of nitrogens with zero attached hydrogens (tertiary/aromatic N) is 5. The van der Waals surface area contributed by atoms with Crippen molar-refractivity contribution in [2.45, 2.75) is 19.9 Å². The summed E-state index contributed by atoms with van der Waals surface area (Å²) in [5, 5.41) is 5.93. The Labute approximate surface area is 218 Å². The lowest BCUT2D eigenvalue weighted by atomic mass is 10.1. The van der Waals surface area contributed by atoms with Crippen LogP contribution in [0, 0.1) is 12.7 Å². The maximum Gasteiger partial charge on any atom is 0.257 e. The molecule has 1 unspecified atom stereocenters. The average molecular weight is 522 g/mol. The van der Waals surface area contributed by atoms with Gasteiger partial charge in [-0.1, -0.05) is 0 Å². The molecular formula is C25H28FN9O3. The first kappa shape index (κ1) is 26.4. The standard InChI is InChI=1S/C25H28FN9O3/c1-13(30-18(36)12-37-3)11-29-25-28-10-9-17(32-25)20-21(19-14(2)31-22(27)24(35-19)38-4)34-23(33-20)15-5-7-16(26)8-6-15/h5-10,13H,11-12H2,1-4H3,(H2,27,31)(H,30,36)(H,33,34)(H,28,29,32). The fraction of sp³-hybridized carbons (Fsp3) is 0.280. The molecule has 0 aliphatic heterocycles. The van der Waals surface area contributed by atoms with Gasteiger partial charge in [-0.3, -0.25) is 4.79 Å². The van der Waals surface area contributed by atoms with Crippen LogP contribution in [0.25, 0.3) is 34.2 Å². The Hall–Kier alpha value is -4.65. The highest BCUT2D eigenvalue weighted by molar-refractivity contribution is 5.80. The van der Waals surface area contributed by atoms with Crippen molar-refractivity contribution in [3.63, 3.8) is 0 Å². The van der Waals surface area contributed by atoms with E-state index in [0.717, 1.165) is 0 Å². The number of H-pyrrole nitrogens is 1. The van der Waals surface area contributed by atoms with Crippen LogP contribution in [-0.2, 0) is 9.53 Å². The smallest absolute Gasteiger partial charge is 0.257 e. The Morgan fingerprint density at radius 2 is 1.87 bits per heavy atom. The second kappa shape index (κ2) is 11.6. The number of nitrogens with two attached hydrogens (primary N) is 1. The number of amides is 1. The SMILES string of the molecule is COCC(=O)NC(C)CNc1nccc(-c2nc(-c3ccc(F)cc3)[nH]c2-c2nc(OC)c(N)nc2C)n1. The van der Waals surface area contributed by atoms with Crippen LogP contribution in [0.5, 0.6) is 5.88 Å². The summed E-state index contributed by atoms with van der Waals surface area (Å²) in [5.74, 6) is 0.573. The monoisotopic (exact) mass is 521 g/mol. The molecule has 0 fully saturated rings. The first-order chi connectivity index (χ1) is 18.3. The van der Waals surface area contributed by atoms with Crippen LogP contribution < -0.4 is 21.1 Å². The zero-order valence-electron chi connectivity index (χ0n) is 21.4. The van der Waals surface area contributed by atoms with Gasteiger partial charge in [0.15, 0.2) is 5.82 Å². The van der Waals surface area contributed by atoms with E-state index in [1.54, 1.807) is 31.3 Å². The maximum absolute atomic E-state index is 13.5. The quantitative estimate of drug-likeness (QED) is 0.244. The highest BCUT2D eigenvalue weighted by Gasteiger charge is 2.22. The van der Waals surface area contributed by atoms with Gasteiger partial charge in [-0.05, 0) is 44.2 Å². The Morgan fingerprint density at radius 1 is 1.11 bits per heavy atom. The lowest BCUT2D eigenvalue weighted by Crippen LogP contribution is -2.39. The van der Waals surface area contributed by atoms with E-state index in [1.807, 2.05) is 6.92 Å². The first-order valence-electron chi connectivity index (χ1n) is 11.7. The lowest BCUT2D eigenvalue weighted by Gasteiger charge is -2.14. The van der Waals surface area contributed by atoms with E-state index >= 15 is 0 Å². The Balaban J connectivity index is 1.71. The Kier molecular flexibility index (Phi) is 8.06. The summed E-state index contributed by atoms with van der Waals surface area (Å²) < 4.78 is 23.7. The van der Waals surface area contributed by atoms with Crippen LogP contribution in [0.4, 0.5) is 16.2 Å². The molecule has 1 amide bonds. The van der Waals surface area contributed by atoms with Crippen LogP contribution >= 0.6 is 0 Å². The second-order valence-electron chi connectivity index (χ2n) is 8.42. The number of benzene rings is 1. The van der Waals surface area contributed by atoms with Gasteiger partial charge in [0.2, 0.25) is 11.9 Å². The number of anilines is 2. The zero-order chi connectivity index (χ0) is 27.2. The van der Waals surface area contributed by atoms with Gasteiger partial charge in [-0.25, -0.2) is 29.3 Å². The molecule has 1 aromatic carbocycles. The minimum absolute atomic E-state index is 0.0210. The fourth-order valence-corrected chi connectivity index (χ4v) is 3.70. The largest absolute Gasteiger partial charge is 0.478 e. The van der Waals surface area contributed by atoms with Gasteiger partial charge in [0.25, 0.3) is 5.88 Å². The van der Waals surface area contributed by atoms with E-state index in [0.29, 0.717) is 52.4 Å². The van der Waals surface area contributed by atoms with E-state index in [2.05, 4.69) is 35.6 Å². The number of aromatic nitrogens is 6. The number of nitrogen functional groups attached to an aromatic ring is 1. The molecule has 0 saturated carbocycles. The van der Waals surface area contributed by atoms with Crippen molar-refractivity contribution < 1.29 is 18.7 Å². The number of imidazole rings is 1. The molecule has 1 atom stereocenters. The van der Waals surface area contributed by atoms with Crippen molar-refractivity contribution in [2.24, 2.45) is 0 Å². The second-order valence-corrected chi connectivity index (χ2v) is 8.42. The Morgan fingerprint density at radius 3 is 2.58 bits per heavy atom. The fourth-order valence-electron chi connectivity index (χ4n) is 3.70. The number of halogens is 1. The van der Waals surface area contributed by atoms with Crippen LogP contribution in [-0.4, -0.2) is 69.2 Å². The van der Waals surface area contributed by atoms with Crippen LogP contribution in [0.2, 0.25) is 0 Å². The van der Waals surface area contributed by atoms with E-state index in [1.165, 1.54) is 26.4 Å². The number of hydrogen-bond acceptors (Lipinski definition) is 10. The van der Waals surface area contributed by atoms with E-state index < -0.39 is 0 Å². The third-order valence-corrected chi connectivity index (χ3v) is 5.46. The highest BCUT2D eigenvalue weighted by Crippen LogP contribution is 2.34. The number of hydrogen-bond donors (Lipinski definition) is 4. The average Bonchev–Trinajstić information content (AvgIpc) is 3.33. The van der Waals surface area contributed by atoms with Crippen molar-refractivity contribution in [2.75, 3.05) is 38.4 Å². The third kappa shape index (κ3) is 6.00. The molecule has 5 N–H and O–H groups in total. The molecular weight excluding hydrogens is 493 g/mol. The number of aryl methyl sites for hydroxylation is 1. The minimum Gasteiger partial charge on any atom is -0.478 e. The van der Waals surface area contributed by atoms with Gasteiger partial charge in [0, 0.05) is 31.5 Å². The van der Waals surface area contributed by atoms with Crippen molar-refractivity contribution in [1.29, 1.82) is 0 Å². The van der Waals surface area contributed by atoms with Crippen molar-refractivity contribution in [1.82, 2.24) is 35.2 Å². The number of rotatable bonds is 10. The molecule has 3 heterocycles. The van der Waals surface area contributed by atoms with Gasteiger partial charge in [-0.2, -0.15) is 0 Å². The van der Waals surface area contributed by atoms with Gasteiger partial charge >= 0.3 is 0 Å². The van der Waals surface area contributed by atoms with Crippen LogP contribution in [0.3, 0.4) is 0 Å². The van der Waals surface area contributed by atoms with Gasteiger partial charge in [0.1, 0.15) is 29.6 Å². The summed E-state index contributed by atoms with van der Waals surface area (Å²) in [4.78, 5) is 37.6. The summed E-state index contributed by atoms with van der Waals surface area (Å²) >= 11 is 0. The van der Waals surface area contributed by atoms with Crippen molar-refractivity contribution in [3.05, 3.63) is 48.0 Å². The highest BCUT2D eigenvalue weighted by atomic mass is 19.1. The summed E-state index contributed by atoms with van der Waals surface area (Å²) in [6.07, 6.45) is 1.59. The van der Waals surface area contributed by atoms with E-state index in [9.17, 15) is 9.18 Å². The third-order valence-electron chi connectivity index (χ3n) is 5.46. The van der Waals surface area contributed by atoms with Crippen LogP contribution in [0.1, 0.15) is 12.6 Å². The molecule has 0 aliphatic rings. The number of carbonyl (C=O) groups excluding carboxylic acids is 1. The van der Waals surface area contributed by atoms with Crippen LogP contribution in [0.15, 0.2) is 36.5 Å². The predicted octanol–water partition coefficient (Wildman–Crippen LogP) is 2.59. The molecule has 0 radical (unpaired) electrons. The van der Waals surface area contributed by atoms with Gasteiger partial charge < -0.3 is 30.8 Å². The van der Waals surface area contributed by atoms with Crippen molar-refractivity contribution >= 4 is 17.7 Å². The number of aromatic amines is 1. The molecule has 0 spiro atoms. The molecule has 0 aliphatic carbocycles. The summed E-state index contributed by atoms with van der Waals surface area (Å²) in [5.41, 5.74) is 9.12. The number of carbonyl (C=O) groups is 1. The summed E-state index contributed by atoms with van der Waals surface area (Å²) in [7, 11) is 2.92. The molecule has 38 heavy (non-hydrogen) atoms. The first-order valence-corrected chi connectivity index (χ1v) is 11.7. The van der Waals surface area contributed by atoms with Gasteiger partial charge in [0.05, 0.1) is 24.2 Å². The predicted molar refractivity (Wildman–Crippen MR) is 140 cm³/mol. The van der Waals surface area contributed by atoms with E-state index in [4.69, 9.17) is 20.2 Å².